The number of aromatic hydroxyl groups is 1. The maximum Gasteiger partial charge on any atom is 0.120 e. The molecule has 4 nitrogen and oxygen atoms in total. The highest BCUT2D eigenvalue weighted by molar-refractivity contribution is 9.10. The highest BCUT2D eigenvalue weighted by Crippen LogP contribution is 2.38. The highest BCUT2D eigenvalue weighted by atomic mass is 79.9. The van der Waals surface area contributed by atoms with Gasteiger partial charge in [-0.15, -0.1) is 0 Å². The van der Waals surface area contributed by atoms with Crippen molar-refractivity contribution in [3.63, 3.8) is 0 Å². The van der Waals surface area contributed by atoms with Gasteiger partial charge in [-0.1, -0.05) is 39.7 Å². The molecule has 1 spiro atoms. The van der Waals surface area contributed by atoms with E-state index >= 15 is 0 Å². The fraction of sp³-hybridized carbons (Fsp3) is 0.435. The Morgan fingerprint density at radius 2 is 1.86 bits per heavy atom. The molecule has 1 atom stereocenters. The van der Waals surface area contributed by atoms with Crippen molar-refractivity contribution >= 4 is 33.2 Å². The highest BCUT2D eigenvalue weighted by Gasteiger charge is 2.40. The van der Waals surface area contributed by atoms with Crippen LogP contribution in [0.1, 0.15) is 50.3 Å². The van der Waals surface area contributed by atoms with E-state index in [-0.39, 0.29) is 11.7 Å². The number of hydrogen-bond acceptors (Lipinski definition) is 4. The predicted octanol–water partition coefficient (Wildman–Crippen LogP) is 5.53. The van der Waals surface area contributed by atoms with Crippen molar-refractivity contribution in [3.05, 3.63) is 63.1 Å². The molecule has 2 heterocycles. The third-order valence-electron chi connectivity index (χ3n) is 6.09. The van der Waals surface area contributed by atoms with Gasteiger partial charge in [0.1, 0.15) is 11.4 Å². The summed E-state index contributed by atoms with van der Waals surface area (Å²) in [4.78, 5) is 7.74. The van der Waals surface area contributed by atoms with Crippen LogP contribution in [0.5, 0.6) is 5.75 Å². The average Bonchev–Trinajstić information content (AvgIpc) is 2.70. The van der Waals surface area contributed by atoms with Gasteiger partial charge in [0.15, 0.2) is 0 Å². The van der Waals surface area contributed by atoms with Crippen molar-refractivity contribution < 1.29 is 5.11 Å². The normalized spacial score (nSPS) is 22.1. The Balaban J connectivity index is 1.71. The Hall–Kier alpha value is -1.40. The van der Waals surface area contributed by atoms with Crippen LogP contribution < -0.4 is 5.32 Å². The largest absolute Gasteiger partial charge is 0.508 e. The maximum atomic E-state index is 10.6. The first-order valence-corrected chi connectivity index (χ1v) is 11.4. The summed E-state index contributed by atoms with van der Waals surface area (Å²) in [6.45, 7) is 6.52. The number of aliphatic imine (C=N–C) groups is 1. The summed E-state index contributed by atoms with van der Waals surface area (Å²) in [6.07, 6.45) is 2.63. The molecule has 1 unspecified atom stereocenters. The number of benzene rings is 2. The summed E-state index contributed by atoms with van der Waals surface area (Å²) < 4.78 is 0.964. The van der Waals surface area contributed by atoms with Crippen molar-refractivity contribution in [1.29, 1.82) is 0 Å². The lowest BCUT2D eigenvalue weighted by atomic mass is 9.87. The van der Waals surface area contributed by atoms with Gasteiger partial charge in [0.05, 0.1) is 0 Å². The molecule has 2 N–H and O–H groups in total. The summed E-state index contributed by atoms with van der Waals surface area (Å²) in [5, 5.41) is 15.1. The average molecular weight is 477 g/mol. The van der Waals surface area contributed by atoms with Crippen LogP contribution in [0.2, 0.25) is 5.02 Å². The lowest BCUT2D eigenvalue weighted by Crippen LogP contribution is -2.56. The second-order valence-corrected chi connectivity index (χ2v) is 9.68. The number of nitrogens with one attached hydrogen (secondary N) is 1. The molecule has 2 aliphatic heterocycles. The van der Waals surface area contributed by atoms with Crippen LogP contribution in [0.15, 0.2) is 51.9 Å². The topological polar surface area (TPSA) is 47.9 Å². The van der Waals surface area contributed by atoms with Gasteiger partial charge >= 0.3 is 0 Å². The number of hydrogen-bond donors (Lipinski definition) is 2. The molecule has 0 amide bonds. The smallest absolute Gasteiger partial charge is 0.120 e. The fourth-order valence-electron chi connectivity index (χ4n) is 4.39. The van der Waals surface area contributed by atoms with Crippen LogP contribution in [-0.4, -0.2) is 40.5 Å². The SMILES string of the molecule is CC(C)N1CCC2(CC1)N=C(c1ccc(Cl)cc1)CC(c1cc(Br)ccc1O)N2. The third-order valence-corrected chi connectivity index (χ3v) is 6.83. The standard InChI is InChI=1S/C23H27BrClN3O/c1-15(2)28-11-9-23(10-12-28)26-20(16-3-6-18(25)7-4-16)14-21(27-23)19-13-17(24)5-8-22(19)29/h3-8,13,15,21,27,29H,9-12,14H2,1-2H3. The Kier molecular flexibility index (Phi) is 6.03. The van der Waals surface area contributed by atoms with Gasteiger partial charge in [-0.2, -0.15) is 0 Å². The zero-order chi connectivity index (χ0) is 20.6. The van der Waals surface area contributed by atoms with Gasteiger partial charge in [0.25, 0.3) is 0 Å². The molecule has 6 heteroatoms. The van der Waals surface area contributed by atoms with E-state index in [0.717, 1.165) is 58.7 Å². The molecular weight excluding hydrogens is 450 g/mol. The van der Waals surface area contributed by atoms with Gasteiger partial charge in [-0.05, 0) is 62.6 Å². The van der Waals surface area contributed by atoms with Crippen LogP contribution in [0.3, 0.4) is 0 Å². The third kappa shape index (κ3) is 4.53. The summed E-state index contributed by atoms with van der Waals surface area (Å²) in [7, 11) is 0. The van der Waals surface area contributed by atoms with Gasteiger partial charge < -0.3 is 10.0 Å². The fourth-order valence-corrected chi connectivity index (χ4v) is 4.89. The minimum absolute atomic E-state index is 0.00118. The number of nitrogens with zero attached hydrogens (tertiary/aromatic N) is 2. The lowest BCUT2D eigenvalue weighted by molar-refractivity contribution is 0.103. The first-order chi connectivity index (χ1) is 13.8. The summed E-state index contributed by atoms with van der Waals surface area (Å²) in [6, 6.07) is 14.1. The number of piperidine rings is 1. The zero-order valence-electron chi connectivity index (χ0n) is 16.8. The molecule has 29 heavy (non-hydrogen) atoms. The first kappa shape index (κ1) is 20.9. The Morgan fingerprint density at radius 3 is 2.52 bits per heavy atom. The van der Waals surface area contributed by atoms with Gasteiger partial charge in [-0.25, -0.2) is 0 Å². The molecular formula is C23H27BrClN3O. The molecule has 0 bridgehead atoms. The van der Waals surface area contributed by atoms with E-state index in [9.17, 15) is 5.11 Å². The van der Waals surface area contributed by atoms with Crippen molar-refractivity contribution in [2.75, 3.05) is 13.1 Å². The van der Waals surface area contributed by atoms with Crippen LogP contribution >= 0.6 is 27.5 Å². The predicted molar refractivity (Wildman–Crippen MR) is 123 cm³/mol. The summed E-state index contributed by atoms with van der Waals surface area (Å²) >= 11 is 9.66. The van der Waals surface area contributed by atoms with Gasteiger partial charge in [0.2, 0.25) is 0 Å². The molecule has 1 fully saturated rings. The number of likely N-dealkylation sites (tertiary alicyclic amines) is 1. The molecule has 2 aromatic rings. The van der Waals surface area contributed by atoms with E-state index in [0.29, 0.717) is 11.8 Å². The van der Waals surface area contributed by atoms with Crippen LogP contribution in [0.25, 0.3) is 0 Å². The minimum atomic E-state index is -0.308. The van der Waals surface area contributed by atoms with E-state index < -0.39 is 0 Å². The van der Waals surface area contributed by atoms with Gasteiger partial charge in [0, 0.05) is 52.4 Å². The molecule has 2 aliphatic rings. The molecule has 154 valence electrons. The summed E-state index contributed by atoms with van der Waals surface area (Å²) in [5.74, 6) is 0.317. The van der Waals surface area contributed by atoms with Crippen LogP contribution in [0, 0.1) is 0 Å². The Labute approximate surface area is 186 Å². The Morgan fingerprint density at radius 1 is 1.17 bits per heavy atom. The second-order valence-electron chi connectivity index (χ2n) is 8.33. The van der Waals surface area contributed by atoms with E-state index in [1.54, 1.807) is 6.07 Å². The number of rotatable bonds is 3. The lowest BCUT2D eigenvalue weighted by Gasteiger charge is -2.46. The van der Waals surface area contributed by atoms with Crippen molar-refractivity contribution in [2.24, 2.45) is 4.99 Å². The Bertz CT molecular complexity index is 905. The first-order valence-electron chi connectivity index (χ1n) is 10.2. The molecule has 1 saturated heterocycles. The minimum Gasteiger partial charge on any atom is -0.508 e. The van der Waals surface area contributed by atoms with Crippen molar-refractivity contribution in [2.45, 2.75) is 50.9 Å². The van der Waals surface area contributed by atoms with E-state index in [1.807, 2.05) is 36.4 Å². The van der Waals surface area contributed by atoms with E-state index in [4.69, 9.17) is 16.6 Å². The zero-order valence-corrected chi connectivity index (χ0v) is 19.2. The molecule has 2 aromatic carbocycles. The number of phenols is 1. The van der Waals surface area contributed by atoms with Crippen LogP contribution in [-0.2, 0) is 0 Å². The molecule has 0 aromatic heterocycles. The monoisotopic (exact) mass is 475 g/mol. The molecule has 0 saturated carbocycles. The van der Waals surface area contributed by atoms with Crippen molar-refractivity contribution in [3.8, 4) is 5.75 Å². The number of halogens is 2. The van der Waals surface area contributed by atoms with E-state index in [2.05, 4.69) is 40.0 Å². The summed E-state index contributed by atoms with van der Waals surface area (Å²) in [5.41, 5.74) is 2.77. The van der Waals surface area contributed by atoms with Gasteiger partial charge in [-0.3, -0.25) is 10.3 Å². The molecule has 0 aliphatic carbocycles. The number of phenolic OH excluding ortho intramolecular Hbond substituents is 1. The van der Waals surface area contributed by atoms with Crippen LogP contribution in [0.4, 0.5) is 0 Å². The quantitative estimate of drug-likeness (QED) is 0.612. The molecule has 0 radical (unpaired) electrons. The maximum absolute atomic E-state index is 10.6. The van der Waals surface area contributed by atoms with Crippen molar-refractivity contribution in [1.82, 2.24) is 10.2 Å². The second kappa shape index (κ2) is 8.38. The van der Waals surface area contributed by atoms with E-state index in [1.165, 1.54) is 0 Å². The molecule has 4 rings (SSSR count).